The van der Waals surface area contributed by atoms with Crippen LogP contribution in [0, 0.1) is 12.7 Å². The lowest BCUT2D eigenvalue weighted by atomic mass is 9.99. The summed E-state index contributed by atoms with van der Waals surface area (Å²) < 4.78 is 12.9. The molecule has 0 bridgehead atoms. The minimum atomic E-state index is -0.166. The molecule has 0 radical (unpaired) electrons. The molecule has 1 unspecified atom stereocenters. The fourth-order valence-electron chi connectivity index (χ4n) is 1.66. The Morgan fingerprint density at radius 3 is 2.80 bits per heavy atom. The smallest absolute Gasteiger partial charge is 0.123 e. The molecule has 0 saturated carbocycles. The lowest BCUT2D eigenvalue weighted by molar-refractivity contribution is 0.563. The zero-order valence-corrected chi connectivity index (χ0v) is 9.39. The molecule has 0 aliphatic rings. The molecule has 1 aromatic carbocycles. The van der Waals surface area contributed by atoms with Gasteiger partial charge in [0.2, 0.25) is 0 Å². The Bertz CT molecular complexity index is 333. The summed E-state index contributed by atoms with van der Waals surface area (Å²) in [6.07, 6.45) is 3.74. The van der Waals surface area contributed by atoms with Crippen LogP contribution < -0.4 is 5.32 Å². The summed E-state index contributed by atoms with van der Waals surface area (Å²) in [5, 5.41) is 3.23. The second-order valence-corrected chi connectivity index (χ2v) is 3.78. The average Bonchev–Trinajstić information content (AvgIpc) is 2.21. The van der Waals surface area contributed by atoms with Crippen molar-refractivity contribution in [3.63, 3.8) is 0 Å². The highest BCUT2D eigenvalue weighted by molar-refractivity contribution is 5.27. The lowest BCUT2D eigenvalue weighted by Gasteiger charge is -2.15. The zero-order chi connectivity index (χ0) is 11.3. The molecule has 1 aromatic rings. The van der Waals surface area contributed by atoms with Crippen LogP contribution in [0.25, 0.3) is 0 Å². The van der Waals surface area contributed by atoms with Crippen molar-refractivity contribution in [3.05, 3.63) is 47.8 Å². The molecule has 0 aliphatic heterocycles. The van der Waals surface area contributed by atoms with E-state index in [1.807, 2.05) is 26.1 Å². The SMILES string of the molecule is C=CCC(Cc1ccc(F)cc1C)NC. The number of halogens is 1. The first-order valence-corrected chi connectivity index (χ1v) is 5.20. The monoisotopic (exact) mass is 207 g/mol. The Hall–Kier alpha value is -1.15. The summed E-state index contributed by atoms with van der Waals surface area (Å²) in [7, 11) is 1.94. The molecule has 1 rings (SSSR count). The molecule has 82 valence electrons. The van der Waals surface area contributed by atoms with Crippen molar-refractivity contribution in [1.82, 2.24) is 5.32 Å². The van der Waals surface area contributed by atoms with Crippen LogP contribution in [0.4, 0.5) is 4.39 Å². The van der Waals surface area contributed by atoms with Gasteiger partial charge in [-0.2, -0.15) is 0 Å². The second-order valence-electron chi connectivity index (χ2n) is 3.78. The molecule has 0 heterocycles. The summed E-state index contributed by atoms with van der Waals surface area (Å²) in [5.74, 6) is -0.166. The molecule has 1 atom stereocenters. The van der Waals surface area contributed by atoms with Crippen molar-refractivity contribution >= 4 is 0 Å². The van der Waals surface area contributed by atoms with Gasteiger partial charge in [-0.25, -0.2) is 4.39 Å². The molecule has 1 N–H and O–H groups in total. The number of likely N-dealkylation sites (N-methyl/N-ethyl adjacent to an activating group) is 1. The third-order valence-electron chi connectivity index (χ3n) is 2.63. The van der Waals surface area contributed by atoms with Crippen LogP contribution in [0.2, 0.25) is 0 Å². The fourth-order valence-corrected chi connectivity index (χ4v) is 1.66. The van der Waals surface area contributed by atoms with Crippen molar-refractivity contribution in [2.75, 3.05) is 7.05 Å². The number of nitrogens with one attached hydrogen (secondary N) is 1. The third kappa shape index (κ3) is 3.48. The summed E-state index contributed by atoms with van der Waals surface area (Å²) in [6.45, 7) is 5.67. The van der Waals surface area contributed by atoms with E-state index < -0.39 is 0 Å². The molecule has 0 aliphatic carbocycles. The van der Waals surface area contributed by atoms with Crippen molar-refractivity contribution < 1.29 is 4.39 Å². The highest BCUT2D eigenvalue weighted by atomic mass is 19.1. The maximum Gasteiger partial charge on any atom is 0.123 e. The Labute approximate surface area is 91.0 Å². The normalized spacial score (nSPS) is 12.5. The molecule has 0 fully saturated rings. The molecule has 2 heteroatoms. The van der Waals surface area contributed by atoms with E-state index >= 15 is 0 Å². The van der Waals surface area contributed by atoms with Crippen LogP contribution in [0.1, 0.15) is 17.5 Å². The zero-order valence-electron chi connectivity index (χ0n) is 9.39. The highest BCUT2D eigenvalue weighted by Gasteiger charge is 2.07. The second kappa shape index (κ2) is 5.66. The van der Waals surface area contributed by atoms with Crippen molar-refractivity contribution in [1.29, 1.82) is 0 Å². The van der Waals surface area contributed by atoms with E-state index in [1.54, 1.807) is 6.07 Å². The minimum Gasteiger partial charge on any atom is -0.316 e. The molecule has 1 nitrogen and oxygen atoms in total. The van der Waals surface area contributed by atoms with Gasteiger partial charge in [-0.15, -0.1) is 6.58 Å². The number of hydrogen-bond donors (Lipinski definition) is 1. The third-order valence-corrected chi connectivity index (χ3v) is 2.63. The van der Waals surface area contributed by atoms with Gasteiger partial charge in [0.15, 0.2) is 0 Å². The Balaban J connectivity index is 2.74. The Kier molecular flexibility index (Phi) is 4.50. The Morgan fingerprint density at radius 2 is 2.27 bits per heavy atom. The molecule has 0 saturated heterocycles. The first-order chi connectivity index (χ1) is 7.17. The van der Waals surface area contributed by atoms with Crippen molar-refractivity contribution in [2.24, 2.45) is 0 Å². The van der Waals surface area contributed by atoms with Crippen LogP contribution in [0.3, 0.4) is 0 Å². The maximum absolute atomic E-state index is 12.9. The van der Waals surface area contributed by atoms with Gasteiger partial charge in [-0.05, 0) is 50.1 Å². The van der Waals surface area contributed by atoms with E-state index in [0.717, 1.165) is 18.4 Å². The molecular weight excluding hydrogens is 189 g/mol. The number of hydrogen-bond acceptors (Lipinski definition) is 1. The standard InChI is InChI=1S/C13H18FN/c1-4-5-13(15-3)9-11-6-7-12(14)8-10(11)2/h4,6-8,13,15H,1,5,9H2,2-3H3. The number of aryl methyl sites for hydroxylation is 1. The van der Waals surface area contributed by atoms with Gasteiger partial charge >= 0.3 is 0 Å². The molecule has 0 amide bonds. The predicted octanol–water partition coefficient (Wildman–Crippen LogP) is 2.84. The van der Waals surface area contributed by atoms with E-state index in [1.165, 1.54) is 11.6 Å². The van der Waals surface area contributed by atoms with Crippen LogP contribution in [-0.2, 0) is 6.42 Å². The van der Waals surface area contributed by atoms with Gasteiger partial charge in [-0.1, -0.05) is 12.1 Å². The van der Waals surface area contributed by atoms with Gasteiger partial charge < -0.3 is 5.32 Å². The van der Waals surface area contributed by atoms with Crippen LogP contribution in [-0.4, -0.2) is 13.1 Å². The quantitative estimate of drug-likeness (QED) is 0.732. The minimum absolute atomic E-state index is 0.166. The van der Waals surface area contributed by atoms with Crippen LogP contribution in [0.15, 0.2) is 30.9 Å². The molecule has 0 spiro atoms. The highest BCUT2D eigenvalue weighted by Crippen LogP contribution is 2.13. The number of benzene rings is 1. The van der Waals surface area contributed by atoms with Crippen molar-refractivity contribution in [3.8, 4) is 0 Å². The predicted molar refractivity (Wildman–Crippen MR) is 62.5 cm³/mol. The Morgan fingerprint density at radius 1 is 1.53 bits per heavy atom. The van der Waals surface area contributed by atoms with Gasteiger partial charge in [-0.3, -0.25) is 0 Å². The summed E-state index contributed by atoms with van der Waals surface area (Å²) >= 11 is 0. The maximum atomic E-state index is 12.9. The van der Waals surface area contributed by atoms with Gasteiger partial charge in [0, 0.05) is 6.04 Å². The van der Waals surface area contributed by atoms with Crippen molar-refractivity contribution in [2.45, 2.75) is 25.8 Å². The van der Waals surface area contributed by atoms with Crippen LogP contribution in [0.5, 0.6) is 0 Å². The molecular formula is C13H18FN. The van der Waals surface area contributed by atoms with Gasteiger partial charge in [0.25, 0.3) is 0 Å². The van der Waals surface area contributed by atoms with Gasteiger partial charge in [0.1, 0.15) is 5.82 Å². The summed E-state index contributed by atoms with van der Waals surface area (Å²) in [4.78, 5) is 0. The first kappa shape index (κ1) is 11.9. The average molecular weight is 207 g/mol. The topological polar surface area (TPSA) is 12.0 Å². The fraction of sp³-hybridized carbons (Fsp3) is 0.385. The van der Waals surface area contributed by atoms with E-state index in [2.05, 4.69) is 11.9 Å². The summed E-state index contributed by atoms with van der Waals surface area (Å²) in [6, 6.07) is 5.34. The van der Waals surface area contributed by atoms with E-state index in [4.69, 9.17) is 0 Å². The summed E-state index contributed by atoms with van der Waals surface area (Å²) in [5.41, 5.74) is 2.21. The largest absolute Gasteiger partial charge is 0.316 e. The van der Waals surface area contributed by atoms with E-state index in [0.29, 0.717) is 6.04 Å². The molecule has 0 aromatic heterocycles. The lowest BCUT2D eigenvalue weighted by Crippen LogP contribution is -2.27. The van der Waals surface area contributed by atoms with Gasteiger partial charge in [0.05, 0.1) is 0 Å². The van der Waals surface area contributed by atoms with E-state index in [-0.39, 0.29) is 5.82 Å². The van der Waals surface area contributed by atoms with Crippen LogP contribution >= 0.6 is 0 Å². The van der Waals surface area contributed by atoms with E-state index in [9.17, 15) is 4.39 Å². The number of rotatable bonds is 5. The molecule has 15 heavy (non-hydrogen) atoms. The first-order valence-electron chi connectivity index (χ1n) is 5.20.